The van der Waals surface area contributed by atoms with Gasteiger partial charge in [-0.15, -0.1) is 0 Å². The molecule has 4 nitrogen and oxygen atoms in total. The van der Waals surface area contributed by atoms with E-state index in [-0.39, 0.29) is 17.7 Å². The Morgan fingerprint density at radius 2 is 1.53 bits per heavy atom. The van der Waals surface area contributed by atoms with Crippen LogP contribution in [0.5, 0.6) is 0 Å². The standard InChI is InChI=1S/C13H16O4/c1-3-9-17-13(15)11-8-6-5-7-10(11)12(14)16-4-2/h5-8H,3-4,9H2,1-2H3. The molecular formula is C13H16O4. The molecular weight excluding hydrogens is 220 g/mol. The van der Waals surface area contributed by atoms with Gasteiger partial charge in [-0.1, -0.05) is 19.1 Å². The van der Waals surface area contributed by atoms with E-state index in [0.29, 0.717) is 6.61 Å². The van der Waals surface area contributed by atoms with Crippen molar-refractivity contribution in [3.05, 3.63) is 35.4 Å². The van der Waals surface area contributed by atoms with E-state index in [1.807, 2.05) is 6.92 Å². The first-order chi connectivity index (χ1) is 8.20. The summed E-state index contributed by atoms with van der Waals surface area (Å²) < 4.78 is 9.88. The fraction of sp³-hybridized carbons (Fsp3) is 0.385. The molecule has 0 heterocycles. The third-order valence-corrected chi connectivity index (χ3v) is 2.08. The van der Waals surface area contributed by atoms with Crippen LogP contribution in [0.1, 0.15) is 41.0 Å². The quantitative estimate of drug-likeness (QED) is 0.737. The summed E-state index contributed by atoms with van der Waals surface area (Å²) >= 11 is 0. The predicted molar refractivity (Wildman–Crippen MR) is 63.0 cm³/mol. The Morgan fingerprint density at radius 1 is 1.00 bits per heavy atom. The minimum absolute atomic E-state index is 0.246. The molecule has 0 N–H and O–H groups in total. The molecule has 0 saturated heterocycles. The molecule has 0 aliphatic heterocycles. The lowest BCUT2D eigenvalue weighted by atomic mass is 10.1. The normalized spacial score (nSPS) is 9.76. The second kappa shape index (κ2) is 6.68. The fourth-order valence-electron chi connectivity index (χ4n) is 1.32. The van der Waals surface area contributed by atoms with Gasteiger partial charge in [0.25, 0.3) is 0 Å². The topological polar surface area (TPSA) is 52.6 Å². The van der Waals surface area contributed by atoms with Gasteiger partial charge in [0, 0.05) is 0 Å². The molecule has 0 fully saturated rings. The molecule has 0 aliphatic rings. The Morgan fingerprint density at radius 3 is 2.00 bits per heavy atom. The van der Waals surface area contributed by atoms with E-state index in [0.717, 1.165) is 6.42 Å². The predicted octanol–water partition coefficient (Wildman–Crippen LogP) is 2.43. The monoisotopic (exact) mass is 236 g/mol. The van der Waals surface area contributed by atoms with Crippen molar-refractivity contribution < 1.29 is 19.1 Å². The van der Waals surface area contributed by atoms with Crippen molar-refractivity contribution >= 4 is 11.9 Å². The van der Waals surface area contributed by atoms with Crippen molar-refractivity contribution in [2.45, 2.75) is 20.3 Å². The highest BCUT2D eigenvalue weighted by atomic mass is 16.5. The molecule has 17 heavy (non-hydrogen) atoms. The molecule has 92 valence electrons. The number of esters is 2. The van der Waals surface area contributed by atoms with Gasteiger partial charge in [0.05, 0.1) is 24.3 Å². The summed E-state index contributed by atoms with van der Waals surface area (Å²) in [5.41, 5.74) is 0.495. The first kappa shape index (κ1) is 13.2. The number of carbonyl (C=O) groups is 2. The van der Waals surface area contributed by atoms with Crippen molar-refractivity contribution in [2.24, 2.45) is 0 Å². The van der Waals surface area contributed by atoms with Crippen LogP contribution in [0.25, 0.3) is 0 Å². The summed E-state index contributed by atoms with van der Waals surface area (Å²) in [7, 11) is 0. The van der Waals surface area contributed by atoms with Crippen LogP contribution in [0.2, 0.25) is 0 Å². The molecule has 4 heteroatoms. The smallest absolute Gasteiger partial charge is 0.339 e. The Labute approximate surface area is 101 Å². The maximum atomic E-state index is 11.7. The highest BCUT2D eigenvalue weighted by Crippen LogP contribution is 2.12. The average Bonchev–Trinajstić information content (AvgIpc) is 2.36. The third kappa shape index (κ3) is 3.59. The molecule has 0 radical (unpaired) electrons. The Hall–Kier alpha value is -1.84. The van der Waals surface area contributed by atoms with E-state index in [4.69, 9.17) is 9.47 Å². The van der Waals surface area contributed by atoms with E-state index >= 15 is 0 Å². The van der Waals surface area contributed by atoms with E-state index < -0.39 is 11.9 Å². The molecule has 0 aliphatic carbocycles. The third-order valence-electron chi connectivity index (χ3n) is 2.08. The molecule has 0 bridgehead atoms. The second-order valence-electron chi connectivity index (χ2n) is 3.40. The van der Waals surface area contributed by atoms with Crippen LogP contribution < -0.4 is 0 Å². The van der Waals surface area contributed by atoms with Gasteiger partial charge >= 0.3 is 11.9 Å². The highest BCUT2D eigenvalue weighted by Gasteiger charge is 2.18. The van der Waals surface area contributed by atoms with Crippen LogP contribution in [-0.2, 0) is 9.47 Å². The number of ether oxygens (including phenoxy) is 2. The van der Waals surface area contributed by atoms with Gasteiger partial charge in [-0.05, 0) is 25.5 Å². The Kier molecular flexibility index (Phi) is 5.20. The number of hydrogen-bond acceptors (Lipinski definition) is 4. The summed E-state index contributed by atoms with van der Waals surface area (Å²) in [5.74, 6) is -0.993. The van der Waals surface area contributed by atoms with E-state index in [1.165, 1.54) is 0 Å². The summed E-state index contributed by atoms with van der Waals surface area (Å²) in [6.07, 6.45) is 0.743. The van der Waals surface area contributed by atoms with Crippen molar-refractivity contribution in [2.75, 3.05) is 13.2 Å². The Balaban J connectivity index is 2.91. The highest BCUT2D eigenvalue weighted by molar-refractivity contribution is 6.03. The first-order valence-electron chi connectivity index (χ1n) is 5.64. The van der Waals surface area contributed by atoms with Crippen LogP contribution in [-0.4, -0.2) is 25.2 Å². The average molecular weight is 236 g/mol. The number of hydrogen-bond donors (Lipinski definition) is 0. The molecule has 1 aromatic rings. The number of carbonyl (C=O) groups excluding carboxylic acids is 2. The molecule has 0 saturated carbocycles. The number of benzene rings is 1. The maximum absolute atomic E-state index is 11.7. The van der Waals surface area contributed by atoms with Gasteiger partial charge in [-0.25, -0.2) is 9.59 Å². The zero-order chi connectivity index (χ0) is 12.7. The molecule has 0 amide bonds. The molecule has 0 spiro atoms. The van der Waals surface area contributed by atoms with Gasteiger partial charge in [-0.2, -0.15) is 0 Å². The van der Waals surface area contributed by atoms with Crippen LogP contribution in [0.4, 0.5) is 0 Å². The SMILES string of the molecule is CCCOC(=O)c1ccccc1C(=O)OCC. The molecule has 0 unspecified atom stereocenters. The van der Waals surface area contributed by atoms with E-state index in [2.05, 4.69) is 0 Å². The maximum Gasteiger partial charge on any atom is 0.339 e. The summed E-state index contributed by atoms with van der Waals surface area (Å²) in [5, 5.41) is 0. The lowest BCUT2D eigenvalue weighted by Gasteiger charge is -2.08. The van der Waals surface area contributed by atoms with Gasteiger partial charge in [-0.3, -0.25) is 0 Å². The lowest BCUT2D eigenvalue weighted by molar-refractivity contribution is 0.0467. The zero-order valence-corrected chi connectivity index (χ0v) is 10.1. The first-order valence-corrected chi connectivity index (χ1v) is 5.64. The number of rotatable bonds is 5. The molecule has 1 aromatic carbocycles. The summed E-state index contributed by atoms with van der Waals surface area (Å²) in [6.45, 7) is 4.24. The van der Waals surface area contributed by atoms with E-state index in [1.54, 1.807) is 31.2 Å². The molecule has 0 aromatic heterocycles. The van der Waals surface area contributed by atoms with Crippen LogP contribution in [0, 0.1) is 0 Å². The lowest BCUT2D eigenvalue weighted by Crippen LogP contribution is -2.14. The Bertz CT molecular complexity index is 398. The van der Waals surface area contributed by atoms with E-state index in [9.17, 15) is 9.59 Å². The van der Waals surface area contributed by atoms with Crippen molar-refractivity contribution in [3.63, 3.8) is 0 Å². The zero-order valence-electron chi connectivity index (χ0n) is 10.1. The fourth-order valence-corrected chi connectivity index (χ4v) is 1.32. The second-order valence-corrected chi connectivity index (χ2v) is 3.40. The van der Waals surface area contributed by atoms with Crippen LogP contribution >= 0.6 is 0 Å². The van der Waals surface area contributed by atoms with Gasteiger partial charge in [0.2, 0.25) is 0 Å². The van der Waals surface area contributed by atoms with Crippen molar-refractivity contribution in [1.82, 2.24) is 0 Å². The van der Waals surface area contributed by atoms with Crippen LogP contribution in [0.15, 0.2) is 24.3 Å². The van der Waals surface area contributed by atoms with Gasteiger partial charge < -0.3 is 9.47 Å². The molecule has 1 rings (SSSR count). The van der Waals surface area contributed by atoms with Crippen molar-refractivity contribution in [3.8, 4) is 0 Å². The van der Waals surface area contributed by atoms with Gasteiger partial charge in [0.1, 0.15) is 0 Å². The minimum Gasteiger partial charge on any atom is -0.462 e. The van der Waals surface area contributed by atoms with Crippen LogP contribution in [0.3, 0.4) is 0 Å². The molecule has 0 atom stereocenters. The summed E-state index contributed by atoms with van der Waals surface area (Å²) in [4.78, 5) is 23.3. The summed E-state index contributed by atoms with van der Waals surface area (Å²) in [6, 6.07) is 6.49. The van der Waals surface area contributed by atoms with Crippen molar-refractivity contribution in [1.29, 1.82) is 0 Å². The minimum atomic E-state index is -0.503. The largest absolute Gasteiger partial charge is 0.462 e. The van der Waals surface area contributed by atoms with Gasteiger partial charge in [0.15, 0.2) is 0 Å².